The highest BCUT2D eigenvalue weighted by molar-refractivity contribution is 5.80. The first-order valence-electron chi connectivity index (χ1n) is 8.87. The first-order valence-corrected chi connectivity index (χ1v) is 8.87. The Morgan fingerprint density at radius 3 is 1.96 bits per heavy atom. The quantitative estimate of drug-likeness (QED) is 0.830. The van der Waals surface area contributed by atoms with E-state index in [4.69, 9.17) is 15.2 Å². The summed E-state index contributed by atoms with van der Waals surface area (Å²) in [4.78, 5) is 14.4. The van der Waals surface area contributed by atoms with Crippen LogP contribution < -0.4 is 5.73 Å². The largest absolute Gasteiger partial charge is 0.368 e. The fourth-order valence-corrected chi connectivity index (χ4v) is 3.36. The van der Waals surface area contributed by atoms with Gasteiger partial charge in [-0.3, -0.25) is 9.69 Å². The van der Waals surface area contributed by atoms with Crippen LogP contribution in [0.15, 0.2) is 60.7 Å². The molecule has 1 heterocycles. The third-order valence-electron chi connectivity index (χ3n) is 4.52. The number of nitrogens with zero attached hydrogens (tertiary/aromatic N) is 1. The molecule has 138 valence electrons. The molecule has 5 nitrogen and oxygen atoms in total. The van der Waals surface area contributed by atoms with Gasteiger partial charge in [0.2, 0.25) is 5.91 Å². The van der Waals surface area contributed by atoms with Gasteiger partial charge in [-0.25, -0.2) is 0 Å². The van der Waals surface area contributed by atoms with Crippen LogP contribution in [0.2, 0.25) is 0 Å². The van der Waals surface area contributed by atoms with Crippen LogP contribution in [0.4, 0.5) is 0 Å². The number of carbonyl (C=O) groups is 1. The maximum absolute atomic E-state index is 12.4. The third kappa shape index (κ3) is 4.69. The Morgan fingerprint density at radius 2 is 1.58 bits per heavy atom. The minimum atomic E-state index is -0.705. The van der Waals surface area contributed by atoms with Crippen molar-refractivity contribution in [3.05, 3.63) is 71.8 Å². The number of rotatable bonds is 7. The minimum Gasteiger partial charge on any atom is -0.368 e. The zero-order valence-electron chi connectivity index (χ0n) is 15.3. The first-order chi connectivity index (χ1) is 12.4. The predicted molar refractivity (Wildman–Crippen MR) is 100 cm³/mol. The molecule has 26 heavy (non-hydrogen) atoms. The Kier molecular flexibility index (Phi) is 5.71. The van der Waals surface area contributed by atoms with E-state index in [1.165, 1.54) is 0 Å². The van der Waals surface area contributed by atoms with E-state index in [0.29, 0.717) is 19.7 Å². The number of benzene rings is 2. The Morgan fingerprint density at radius 1 is 1.08 bits per heavy atom. The molecule has 3 rings (SSSR count). The van der Waals surface area contributed by atoms with Crippen LogP contribution in [0.5, 0.6) is 0 Å². The first kappa shape index (κ1) is 18.6. The van der Waals surface area contributed by atoms with Crippen molar-refractivity contribution in [3.8, 4) is 0 Å². The molecule has 0 unspecified atom stereocenters. The van der Waals surface area contributed by atoms with Gasteiger partial charge in [-0.05, 0) is 25.0 Å². The smallest absolute Gasteiger partial charge is 0.237 e. The highest BCUT2D eigenvalue weighted by Gasteiger charge is 2.42. The van der Waals surface area contributed by atoms with Crippen LogP contribution in [0.25, 0.3) is 0 Å². The second kappa shape index (κ2) is 7.99. The van der Waals surface area contributed by atoms with Crippen LogP contribution in [0, 0.1) is 0 Å². The molecule has 1 aliphatic rings. The van der Waals surface area contributed by atoms with Crippen molar-refractivity contribution in [1.82, 2.24) is 4.90 Å². The zero-order chi connectivity index (χ0) is 18.6. The van der Waals surface area contributed by atoms with Crippen LogP contribution in [-0.2, 0) is 27.4 Å². The van der Waals surface area contributed by atoms with Gasteiger partial charge in [0.25, 0.3) is 0 Å². The number of ether oxygens (including phenoxy) is 2. The van der Waals surface area contributed by atoms with Crippen LogP contribution >= 0.6 is 0 Å². The summed E-state index contributed by atoms with van der Waals surface area (Å²) in [7, 11) is 0. The Bertz CT molecular complexity index is 677. The van der Waals surface area contributed by atoms with E-state index in [2.05, 4.69) is 4.90 Å². The molecule has 0 bridgehead atoms. The van der Waals surface area contributed by atoms with Crippen molar-refractivity contribution in [3.63, 3.8) is 0 Å². The van der Waals surface area contributed by atoms with Gasteiger partial charge in [0.15, 0.2) is 5.79 Å². The molecule has 0 aliphatic carbocycles. The van der Waals surface area contributed by atoms with E-state index in [1.54, 1.807) is 0 Å². The van der Waals surface area contributed by atoms with Gasteiger partial charge in [0, 0.05) is 13.1 Å². The Labute approximate surface area is 154 Å². The summed E-state index contributed by atoms with van der Waals surface area (Å²) < 4.78 is 11.6. The Hall–Kier alpha value is -2.21. The molecule has 1 amide bonds. The highest BCUT2D eigenvalue weighted by atomic mass is 16.7. The number of amides is 1. The fraction of sp³-hybridized carbons (Fsp3) is 0.381. The minimum absolute atomic E-state index is 0.348. The van der Waals surface area contributed by atoms with Crippen molar-refractivity contribution >= 4 is 5.91 Å². The van der Waals surface area contributed by atoms with E-state index >= 15 is 0 Å². The molecule has 2 N–H and O–H groups in total. The third-order valence-corrected chi connectivity index (χ3v) is 4.52. The molecule has 5 heteroatoms. The van der Waals surface area contributed by atoms with Gasteiger partial charge >= 0.3 is 0 Å². The normalized spacial score (nSPS) is 20.2. The summed E-state index contributed by atoms with van der Waals surface area (Å²) in [5.41, 5.74) is 8.03. The van der Waals surface area contributed by atoms with Crippen LogP contribution in [0.3, 0.4) is 0 Å². The fourth-order valence-electron chi connectivity index (χ4n) is 3.36. The molecule has 0 radical (unpaired) electrons. The average molecular weight is 354 g/mol. The zero-order valence-corrected chi connectivity index (χ0v) is 15.3. The molecule has 0 saturated carbocycles. The molecule has 0 spiro atoms. The molecular weight excluding hydrogens is 328 g/mol. The molecule has 1 aliphatic heterocycles. The van der Waals surface area contributed by atoms with Gasteiger partial charge in [-0.2, -0.15) is 0 Å². The standard InChI is InChI=1S/C21H26N2O3/c1-21(2)25-15-18(26-21)19(20(22)24)23(13-16-9-5-3-6-10-16)14-17-11-7-4-8-12-17/h3-12,18-19H,13-15H2,1-2H3,(H2,22,24)/t18-,19+/m1/s1. The monoisotopic (exact) mass is 354 g/mol. The van der Waals surface area contributed by atoms with Gasteiger partial charge in [-0.15, -0.1) is 0 Å². The van der Waals surface area contributed by atoms with E-state index in [-0.39, 0.29) is 0 Å². The lowest BCUT2D eigenvalue weighted by molar-refractivity contribution is -0.153. The van der Waals surface area contributed by atoms with Gasteiger partial charge in [-0.1, -0.05) is 60.7 Å². The molecule has 0 aromatic heterocycles. The maximum atomic E-state index is 12.4. The number of carbonyl (C=O) groups excluding carboxylic acids is 1. The topological polar surface area (TPSA) is 64.8 Å². The predicted octanol–water partition coefficient (Wildman–Crippen LogP) is 2.69. The van der Waals surface area contributed by atoms with Gasteiger partial charge < -0.3 is 15.2 Å². The van der Waals surface area contributed by atoms with Crippen molar-refractivity contribution in [1.29, 1.82) is 0 Å². The van der Waals surface area contributed by atoms with E-state index in [0.717, 1.165) is 11.1 Å². The summed E-state index contributed by atoms with van der Waals surface area (Å²) in [5.74, 6) is -1.10. The van der Waals surface area contributed by atoms with E-state index in [1.807, 2.05) is 74.5 Å². The second-order valence-electron chi connectivity index (χ2n) is 7.09. The van der Waals surface area contributed by atoms with Crippen LogP contribution in [-0.4, -0.2) is 35.3 Å². The summed E-state index contributed by atoms with van der Waals surface area (Å²) in [6, 6.07) is 19.6. The molecule has 2 atom stereocenters. The number of nitrogens with two attached hydrogens (primary N) is 1. The van der Waals surface area contributed by atoms with Gasteiger partial charge in [0.05, 0.1) is 6.61 Å². The number of primary amides is 1. The summed E-state index contributed by atoms with van der Waals surface area (Å²) in [5, 5.41) is 0. The molecule has 2 aromatic carbocycles. The molecule has 1 saturated heterocycles. The van der Waals surface area contributed by atoms with Crippen molar-refractivity contribution < 1.29 is 14.3 Å². The van der Waals surface area contributed by atoms with Crippen molar-refractivity contribution in [2.24, 2.45) is 5.73 Å². The summed E-state index contributed by atoms with van der Waals surface area (Å²) >= 11 is 0. The molecule has 2 aromatic rings. The lowest BCUT2D eigenvalue weighted by Crippen LogP contribution is -2.52. The molecule has 1 fully saturated rings. The lowest BCUT2D eigenvalue weighted by atomic mass is 10.1. The summed E-state index contributed by atoms with van der Waals surface area (Å²) in [6.45, 7) is 5.25. The van der Waals surface area contributed by atoms with Crippen LogP contribution in [0.1, 0.15) is 25.0 Å². The SMILES string of the molecule is CC1(C)OC[C@H]([C@@H](C(N)=O)N(Cc2ccccc2)Cc2ccccc2)O1. The van der Waals surface area contributed by atoms with Crippen molar-refractivity contribution in [2.45, 2.75) is 44.9 Å². The average Bonchev–Trinajstić information content (AvgIpc) is 2.96. The van der Waals surface area contributed by atoms with E-state index < -0.39 is 23.8 Å². The second-order valence-corrected chi connectivity index (χ2v) is 7.09. The highest BCUT2D eigenvalue weighted by Crippen LogP contribution is 2.27. The summed E-state index contributed by atoms with van der Waals surface area (Å²) in [6.07, 6.45) is -0.394. The van der Waals surface area contributed by atoms with Gasteiger partial charge in [0.1, 0.15) is 12.1 Å². The van der Waals surface area contributed by atoms with E-state index in [9.17, 15) is 4.79 Å². The number of hydrogen-bond donors (Lipinski definition) is 1. The molecular formula is C21H26N2O3. The van der Waals surface area contributed by atoms with Crippen molar-refractivity contribution in [2.75, 3.05) is 6.61 Å². The Balaban J connectivity index is 1.87. The lowest BCUT2D eigenvalue weighted by Gasteiger charge is -2.33. The maximum Gasteiger partial charge on any atom is 0.237 e. The number of hydrogen-bond acceptors (Lipinski definition) is 4.